The molecule has 0 aliphatic carbocycles. The van der Waals surface area contributed by atoms with Crippen molar-refractivity contribution in [2.24, 2.45) is 13.0 Å². The maximum Gasteiger partial charge on any atom is 0.272 e. The number of hydrogen-bond donors (Lipinski definition) is 3. The van der Waals surface area contributed by atoms with Gasteiger partial charge in [0, 0.05) is 37.1 Å². The number of fused-ring (bicyclic) bond motifs is 1. The molecule has 1 unspecified atom stereocenters. The van der Waals surface area contributed by atoms with Crippen molar-refractivity contribution >= 4 is 22.7 Å². The molecular formula is C26H28FN5O2. The first-order chi connectivity index (χ1) is 16.3. The molecule has 0 fully saturated rings. The Bertz CT molecular complexity index is 1310. The zero-order valence-corrected chi connectivity index (χ0v) is 19.4. The molecular weight excluding hydrogens is 433 g/mol. The van der Waals surface area contributed by atoms with Gasteiger partial charge in [0.05, 0.1) is 5.69 Å². The topological polar surface area (TPSA) is 91.8 Å². The molecule has 0 aliphatic rings. The molecule has 7 nitrogen and oxygen atoms in total. The van der Waals surface area contributed by atoms with Gasteiger partial charge in [0.1, 0.15) is 11.9 Å². The summed E-state index contributed by atoms with van der Waals surface area (Å²) in [5.74, 6) is -0.755. The van der Waals surface area contributed by atoms with E-state index in [1.807, 2.05) is 44.3 Å². The van der Waals surface area contributed by atoms with Gasteiger partial charge in [0.2, 0.25) is 5.91 Å². The SMILES string of the molecule is CC(C)CNC(=O)C(Cc1c[nH]c2ccccc12)NC(=O)c1cc(-c2ccc(F)cc2)n(C)n1. The molecule has 34 heavy (non-hydrogen) atoms. The van der Waals surface area contributed by atoms with E-state index in [9.17, 15) is 14.0 Å². The fourth-order valence-electron chi connectivity index (χ4n) is 3.86. The quantitative estimate of drug-likeness (QED) is 0.373. The summed E-state index contributed by atoms with van der Waals surface area (Å²) in [7, 11) is 1.72. The molecule has 0 saturated heterocycles. The summed E-state index contributed by atoms with van der Waals surface area (Å²) in [5, 5.41) is 11.1. The zero-order valence-electron chi connectivity index (χ0n) is 19.4. The molecule has 176 valence electrons. The summed E-state index contributed by atoms with van der Waals surface area (Å²) in [4.78, 5) is 29.3. The van der Waals surface area contributed by atoms with Crippen molar-refractivity contribution < 1.29 is 14.0 Å². The minimum atomic E-state index is -0.776. The van der Waals surface area contributed by atoms with Gasteiger partial charge in [0.15, 0.2) is 5.69 Å². The Balaban J connectivity index is 1.57. The number of rotatable bonds is 8. The smallest absolute Gasteiger partial charge is 0.272 e. The summed E-state index contributed by atoms with van der Waals surface area (Å²) in [6, 6.07) is 14.7. The van der Waals surface area contributed by atoms with Crippen LogP contribution >= 0.6 is 0 Å². The van der Waals surface area contributed by atoms with Gasteiger partial charge in [-0.05, 0) is 53.4 Å². The van der Waals surface area contributed by atoms with Gasteiger partial charge in [-0.2, -0.15) is 5.10 Å². The fourth-order valence-corrected chi connectivity index (χ4v) is 3.86. The molecule has 4 rings (SSSR count). The Labute approximate surface area is 197 Å². The fraction of sp³-hybridized carbons (Fsp3) is 0.269. The molecule has 2 amide bonds. The highest BCUT2D eigenvalue weighted by Gasteiger charge is 2.25. The van der Waals surface area contributed by atoms with E-state index in [1.54, 1.807) is 29.9 Å². The number of H-pyrrole nitrogens is 1. The van der Waals surface area contributed by atoms with E-state index in [2.05, 4.69) is 20.7 Å². The van der Waals surface area contributed by atoms with Crippen molar-refractivity contribution in [3.63, 3.8) is 0 Å². The molecule has 0 spiro atoms. The Kier molecular flexibility index (Phi) is 6.77. The van der Waals surface area contributed by atoms with Crippen LogP contribution in [0.2, 0.25) is 0 Å². The Hall–Kier alpha value is -3.94. The van der Waals surface area contributed by atoms with E-state index in [-0.39, 0.29) is 23.3 Å². The first-order valence-electron chi connectivity index (χ1n) is 11.3. The Morgan fingerprint density at radius 1 is 1.12 bits per heavy atom. The van der Waals surface area contributed by atoms with Gasteiger partial charge in [-0.25, -0.2) is 4.39 Å². The maximum absolute atomic E-state index is 13.3. The minimum absolute atomic E-state index is 0.183. The molecule has 2 aromatic carbocycles. The number of halogens is 1. The number of amides is 2. The van der Waals surface area contributed by atoms with E-state index in [1.165, 1.54) is 12.1 Å². The van der Waals surface area contributed by atoms with E-state index >= 15 is 0 Å². The second kappa shape index (κ2) is 9.91. The molecule has 2 heterocycles. The van der Waals surface area contributed by atoms with Crippen LogP contribution in [-0.2, 0) is 18.3 Å². The van der Waals surface area contributed by atoms with Crippen molar-refractivity contribution in [3.05, 3.63) is 77.9 Å². The second-order valence-electron chi connectivity index (χ2n) is 8.77. The largest absolute Gasteiger partial charge is 0.361 e. The van der Waals surface area contributed by atoms with Crippen LogP contribution < -0.4 is 10.6 Å². The lowest BCUT2D eigenvalue weighted by atomic mass is 10.0. The number of nitrogens with one attached hydrogen (secondary N) is 3. The van der Waals surface area contributed by atoms with Gasteiger partial charge in [-0.3, -0.25) is 14.3 Å². The number of aryl methyl sites for hydroxylation is 1. The number of aromatic nitrogens is 3. The molecule has 8 heteroatoms. The lowest BCUT2D eigenvalue weighted by Gasteiger charge is -2.18. The van der Waals surface area contributed by atoms with Crippen LogP contribution in [0.4, 0.5) is 4.39 Å². The first-order valence-corrected chi connectivity index (χ1v) is 11.3. The molecule has 3 N–H and O–H groups in total. The first kappa shape index (κ1) is 23.2. The van der Waals surface area contributed by atoms with Crippen molar-refractivity contribution in [1.29, 1.82) is 0 Å². The van der Waals surface area contributed by atoms with Crippen molar-refractivity contribution in [1.82, 2.24) is 25.4 Å². The summed E-state index contributed by atoms with van der Waals surface area (Å²) in [5.41, 5.74) is 3.50. The summed E-state index contributed by atoms with van der Waals surface area (Å²) in [6.07, 6.45) is 2.20. The minimum Gasteiger partial charge on any atom is -0.361 e. The highest BCUT2D eigenvalue weighted by atomic mass is 19.1. The van der Waals surface area contributed by atoms with Crippen LogP contribution in [0.3, 0.4) is 0 Å². The average molecular weight is 462 g/mol. The van der Waals surface area contributed by atoms with Crippen LogP contribution in [0.25, 0.3) is 22.2 Å². The normalized spacial score (nSPS) is 12.1. The van der Waals surface area contributed by atoms with E-state index < -0.39 is 11.9 Å². The number of carbonyl (C=O) groups is 2. The third-order valence-electron chi connectivity index (χ3n) is 5.66. The number of carbonyl (C=O) groups excluding carboxylic acids is 2. The summed E-state index contributed by atoms with van der Waals surface area (Å²) in [6.45, 7) is 4.54. The van der Waals surface area contributed by atoms with Gasteiger partial charge < -0.3 is 15.6 Å². The third-order valence-corrected chi connectivity index (χ3v) is 5.66. The number of benzene rings is 2. The number of nitrogens with zero attached hydrogens (tertiary/aromatic N) is 2. The summed E-state index contributed by atoms with van der Waals surface area (Å²) < 4.78 is 14.9. The van der Waals surface area contributed by atoms with Gasteiger partial charge >= 0.3 is 0 Å². The van der Waals surface area contributed by atoms with Crippen molar-refractivity contribution in [3.8, 4) is 11.3 Å². The molecule has 0 radical (unpaired) electrons. The standard InChI is InChI=1S/C26H28FN5O2/c1-16(2)14-29-25(33)22(12-18-15-28-21-7-5-4-6-20(18)21)30-26(34)23-13-24(32(3)31-23)17-8-10-19(27)11-9-17/h4-11,13,15-16,22,28H,12,14H2,1-3H3,(H,29,33)(H,30,34). The molecule has 2 aromatic heterocycles. The van der Waals surface area contributed by atoms with Gasteiger partial charge in [0.25, 0.3) is 5.91 Å². The van der Waals surface area contributed by atoms with E-state index in [0.717, 1.165) is 22.0 Å². The molecule has 1 atom stereocenters. The third kappa shape index (κ3) is 5.17. The maximum atomic E-state index is 13.3. The van der Waals surface area contributed by atoms with Gasteiger partial charge in [-0.15, -0.1) is 0 Å². The van der Waals surface area contributed by atoms with Crippen molar-refractivity contribution in [2.45, 2.75) is 26.3 Å². The molecule has 0 bridgehead atoms. The van der Waals surface area contributed by atoms with Crippen LogP contribution in [0.5, 0.6) is 0 Å². The van der Waals surface area contributed by atoms with Crippen LogP contribution in [0.1, 0.15) is 29.9 Å². The summed E-state index contributed by atoms with van der Waals surface area (Å²) >= 11 is 0. The highest BCUT2D eigenvalue weighted by Crippen LogP contribution is 2.21. The van der Waals surface area contributed by atoms with Crippen molar-refractivity contribution in [2.75, 3.05) is 6.54 Å². The van der Waals surface area contributed by atoms with Crippen LogP contribution in [0, 0.1) is 11.7 Å². The predicted octanol–water partition coefficient (Wildman–Crippen LogP) is 3.82. The monoisotopic (exact) mass is 461 g/mol. The van der Waals surface area contributed by atoms with Gasteiger partial charge in [-0.1, -0.05) is 32.0 Å². The second-order valence-corrected chi connectivity index (χ2v) is 8.77. The molecule has 0 aliphatic heterocycles. The molecule has 0 saturated carbocycles. The van der Waals surface area contributed by atoms with Crippen LogP contribution in [0.15, 0.2) is 60.8 Å². The predicted molar refractivity (Wildman–Crippen MR) is 130 cm³/mol. The number of hydrogen-bond acceptors (Lipinski definition) is 3. The average Bonchev–Trinajstić information content (AvgIpc) is 3.41. The number of aromatic amines is 1. The zero-order chi connectivity index (χ0) is 24.2. The molecule has 4 aromatic rings. The Morgan fingerprint density at radius 3 is 2.59 bits per heavy atom. The lowest BCUT2D eigenvalue weighted by Crippen LogP contribution is -2.48. The van der Waals surface area contributed by atoms with E-state index in [0.29, 0.717) is 18.7 Å². The Morgan fingerprint density at radius 2 is 1.85 bits per heavy atom. The lowest BCUT2D eigenvalue weighted by molar-refractivity contribution is -0.123. The van der Waals surface area contributed by atoms with Crippen LogP contribution in [-0.4, -0.2) is 39.2 Å². The van der Waals surface area contributed by atoms with E-state index in [4.69, 9.17) is 0 Å². The highest BCUT2D eigenvalue weighted by molar-refractivity contribution is 5.97. The number of para-hydroxylation sites is 1.